The number of carbonyl (C=O) groups is 1. The zero-order valence-electron chi connectivity index (χ0n) is 35.7. The standard InChI is InChI=1S/C42H78O6Si3/c1-29(25-33(43)28-42(10,38(44)45)48-49(11,12)13)35-22-23-36-31(19-18-24-41(35,36)9)20-21-32-26-34(46-50(14,15)39(3,4)5)27-37(30(32)2)47-51(16,17)40(6,7)8/h20-21,29,33-37,43H,2,18-19,22-28H2,1,3-17H3,(H,44,45)/t29-,33-,34+,35-,36+,37-,41-,42-/m1/s1. The normalized spacial score (nSPS) is 31.0. The van der Waals surface area contributed by atoms with Gasteiger partial charge in [0.15, 0.2) is 30.6 Å². The quantitative estimate of drug-likeness (QED) is 0.182. The minimum Gasteiger partial charge on any atom is -0.479 e. The summed E-state index contributed by atoms with van der Waals surface area (Å²) in [5.41, 5.74) is 2.76. The maximum Gasteiger partial charge on any atom is 0.334 e. The number of aliphatic hydroxyl groups is 1. The van der Waals surface area contributed by atoms with E-state index >= 15 is 0 Å². The lowest BCUT2D eigenvalue weighted by molar-refractivity contribution is -0.157. The Hall–Kier alpha value is -0.819. The van der Waals surface area contributed by atoms with Gasteiger partial charge >= 0.3 is 5.97 Å². The number of hydrogen-bond acceptors (Lipinski definition) is 5. The second-order valence-corrected chi connectivity index (χ2v) is 35.1. The highest BCUT2D eigenvalue weighted by molar-refractivity contribution is 6.74. The van der Waals surface area contributed by atoms with Gasteiger partial charge in [0.1, 0.15) is 0 Å². The summed E-state index contributed by atoms with van der Waals surface area (Å²) in [6, 6.07) is 0. The molecule has 294 valence electrons. The predicted octanol–water partition coefficient (Wildman–Crippen LogP) is 11.7. The lowest BCUT2D eigenvalue weighted by atomic mass is 9.60. The van der Waals surface area contributed by atoms with Gasteiger partial charge in [0.05, 0.1) is 18.3 Å². The molecule has 9 heteroatoms. The molecule has 6 nitrogen and oxygen atoms in total. The van der Waals surface area contributed by atoms with Gasteiger partial charge in [0.2, 0.25) is 0 Å². The Bertz CT molecular complexity index is 1310. The number of aliphatic carboxylic acids is 1. The predicted molar refractivity (Wildman–Crippen MR) is 222 cm³/mol. The molecule has 0 radical (unpaired) electrons. The third kappa shape index (κ3) is 10.7. The van der Waals surface area contributed by atoms with Gasteiger partial charge in [0.25, 0.3) is 0 Å². The summed E-state index contributed by atoms with van der Waals surface area (Å²) in [5, 5.41) is 21.5. The fourth-order valence-corrected chi connectivity index (χ4v) is 13.1. The number of aliphatic hydroxyl groups excluding tert-OH is 1. The zero-order valence-corrected chi connectivity index (χ0v) is 38.7. The van der Waals surface area contributed by atoms with Crippen molar-refractivity contribution in [3.8, 4) is 0 Å². The fourth-order valence-electron chi connectivity index (χ4n) is 8.95. The van der Waals surface area contributed by atoms with Crippen molar-refractivity contribution in [2.75, 3.05) is 0 Å². The van der Waals surface area contributed by atoms with Gasteiger partial charge in [-0.15, -0.1) is 0 Å². The van der Waals surface area contributed by atoms with Crippen molar-refractivity contribution in [3.05, 3.63) is 35.5 Å². The molecule has 0 aliphatic heterocycles. The summed E-state index contributed by atoms with van der Waals surface area (Å²) in [6.45, 7) is 40.3. The molecule has 3 aliphatic carbocycles. The Morgan fingerprint density at radius 2 is 1.53 bits per heavy atom. The monoisotopic (exact) mass is 763 g/mol. The van der Waals surface area contributed by atoms with Crippen LogP contribution in [0.25, 0.3) is 0 Å². The van der Waals surface area contributed by atoms with Crippen LogP contribution < -0.4 is 0 Å². The molecule has 0 aromatic heterocycles. The highest BCUT2D eigenvalue weighted by atomic mass is 28.4. The maximum absolute atomic E-state index is 12.2. The van der Waals surface area contributed by atoms with Gasteiger partial charge in [-0.1, -0.05) is 79.7 Å². The van der Waals surface area contributed by atoms with Crippen LogP contribution >= 0.6 is 0 Å². The van der Waals surface area contributed by atoms with E-state index in [-0.39, 0.29) is 40.0 Å². The first-order valence-electron chi connectivity index (χ1n) is 20.0. The summed E-state index contributed by atoms with van der Waals surface area (Å²) in [7, 11) is -6.13. The number of rotatable bonds is 13. The Morgan fingerprint density at radius 1 is 0.961 bits per heavy atom. The lowest BCUT2D eigenvalue weighted by Gasteiger charge is -2.46. The van der Waals surface area contributed by atoms with E-state index in [1.165, 1.54) is 18.4 Å². The Balaban J connectivity index is 1.85. The van der Waals surface area contributed by atoms with Crippen LogP contribution in [0, 0.1) is 23.2 Å². The van der Waals surface area contributed by atoms with Crippen LogP contribution in [0.15, 0.2) is 35.5 Å². The summed E-state index contributed by atoms with van der Waals surface area (Å²) >= 11 is 0. The van der Waals surface area contributed by atoms with Gasteiger partial charge in [-0.05, 0) is 142 Å². The van der Waals surface area contributed by atoms with E-state index in [4.69, 9.17) is 13.3 Å². The fraction of sp³-hybridized carbons (Fsp3) is 0.833. The van der Waals surface area contributed by atoms with Crippen LogP contribution in [0.2, 0.25) is 55.9 Å². The second-order valence-electron chi connectivity index (χ2n) is 21.2. The van der Waals surface area contributed by atoms with E-state index in [2.05, 4.69) is 100 Å². The molecule has 0 amide bonds. The topological polar surface area (TPSA) is 85.2 Å². The molecule has 2 N–H and O–H groups in total. The molecule has 0 aromatic rings. The molecular formula is C42H78O6Si3. The van der Waals surface area contributed by atoms with Gasteiger partial charge in [0, 0.05) is 12.8 Å². The largest absolute Gasteiger partial charge is 0.479 e. The number of carboxylic acid groups (broad SMARTS) is 1. The van der Waals surface area contributed by atoms with Crippen molar-refractivity contribution in [2.24, 2.45) is 23.2 Å². The molecule has 3 fully saturated rings. The first-order valence-corrected chi connectivity index (χ1v) is 29.2. The minimum absolute atomic E-state index is 0.0297. The number of fused-ring (bicyclic) bond motifs is 1. The average Bonchev–Trinajstić information content (AvgIpc) is 3.28. The summed E-state index contributed by atoms with van der Waals surface area (Å²) < 4.78 is 20.3. The van der Waals surface area contributed by atoms with E-state index < -0.39 is 42.6 Å². The van der Waals surface area contributed by atoms with E-state index in [0.717, 1.165) is 37.7 Å². The molecule has 51 heavy (non-hydrogen) atoms. The van der Waals surface area contributed by atoms with Gasteiger partial charge < -0.3 is 23.5 Å². The second kappa shape index (κ2) is 15.7. The first-order chi connectivity index (χ1) is 22.9. The van der Waals surface area contributed by atoms with E-state index in [1.807, 2.05) is 19.6 Å². The molecule has 0 bridgehead atoms. The summed E-state index contributed by atoms with van der Waals surface area (Å²) in [6.07, 6.45) is 12.4. The Labute approximate surface area is 316 Å². The van der Waals surface area contributed by atoms with Crippen molar-refractivity contribution >= 4 is 30.9 Å². The van der Waals surface area contributed by atoms with Gasteiger partial charge in [-0.25, -0.2) is 4.79 Å². The van der Waals surface area contributed by atoms with E-state index in [9.17, 15) is 15.0 Å². The minimum atomic E-state index is -2.12. The first kappa shape index (κ1) is 44.6. The molecule has 0 unspecified atom stereocenters. The molecule has 3 rings (SSSR count). The molecule has 0 heterocycles. The third-order valence-electron chi connectivity index (χ3n) is 13.7. The Morgan fingerprint density at radius 3 is 2.06 bits per heavy atom. The number of hydrogen-bond donors (Lipinski definition) is 2. The Kier molecular flexibility index (Phi) is 13.8. The van der Waals surface area contributed by atoms with Crippen LogP contribution in [0.3, 0.4) is 0 Å². The van der Waals surface area contributed by atoms with Crippen molar-refractivity contribution in [3.63, 3.8) is 0 Å². The number of carboxylic acids is 1. The van der Waals surface area contributed by atoms with Crippen molar-refractivity contribution in [1.82, 2.24) is 0 Å². The highest BCUT2D eigenvalue weighted by Gasteiger charge is 2.51. The van der Waals surface area contributed by atoms with Gasteiger partial charge in [-0.3, -0.25) is 0 Å². The van der Waals surface area contributed by atoms with E-state index in [0.29, 0.717) is 18.3 Å². The number of allylic oxidation sites excluding steroid dienone is 3. The van der Waals surface area contributed by atoms with Gasteiger partial charge in [-0.2, -0.15) is 0 Å². The molecule has 0 aromatic carbocycles. The summed E-state index contributed by atoms with van der Waals surface area (Å²) in [4.78, 5) is 12.2. The SMILES string of the molecule is C=C1C(=CC=C2CCC[C@]3(C)[C@@H]([C@H](C)C[C@@H](O)C[C@@](C)(O[Si](C)(C)C)C(=O)O)CC[C@@H]23)C[C@H](O[Si](C)(C)C(C)(C)C)C[C@H]1O[Si](C)(C)C(C)(C)C. The lowest BCUT2D eigenvalue weighted by Crippen LogP contribution is -2.49. The molecular weight excluding hydrogens is 685 g/mol. The van der Waals surface area contributed by atoms with Crippen LogP contribution in [-0.4, -0.2) is 65.0 Å². The molecule has 0 saturated heterocycles. The van der Waals surface area contributed by atoms with E-state index in [1.54, 1.807) is 12.5 Å². The zero-order chi connectivity index (χ0) is 39.2. The highest BCUT2D eigenvalue weighted by Crippen LogP contribution is 2.60. The maximum atomic E-state index is 12.2. The summed E-state index contributed by atoms with van der Waals surface area (Å²) in [5.74, 6) is 0.300. The van der Waals surface area contributed by atoms with Crippen molar-refractivity contribution < 1.29 is 28.3 Å². The molecule has 3 saturated carbocycles. The van der Waals surface area contributed by atoms with Crippen LogP contribution in [0.1, 0.15) is 120 Å². The van der Waals surface area contributed by atoms with Crippen molar-refractivity contribution in [1.29, 1.82) is 0 Å². The van der Waals surface area contributed by atoms with Crippen LogP contribution in [0.4, 0.5) is 0 Å². The van der Waals surface area contributed by atoms with Crippen LogP contribution in [0.5, 0.6) is 0 Å². The molecule has 3 aliphatic rings. The van der Waals surface area contributed by atoms with Crippen LogP contribution in [-0.2, 0) is 18.1 Å². The molecule has 0 spiro atoms. The van der Waals surface area contributed by atoms with Crippen molar-refractivity contribution in [2.45, 2.75) is 200 Å². The third-order valence-corrected chi connectivity index (χ3v) is 23.8. The smallest absolute Gasteiger partial charge is 0.334 e. The molecule has 8 atom stereocenters. The average molecular weight is 763 g/mol.